The number of carboxylic acids is 1. The van der Waals surface area contributed by atoms with Crippen LogP contribution in [0.3, 0.4) is 0 Å². The van der Waals surface area contributed by atoms with Crippen molar-refractivity contribution in [2.75, 3.05) is 18.5 Å². The molecule has 2 aliphatic heterocycles. The van der Waals surface area contributed by atoms with Gasteiger partial charge in [-0.3, -0.25) is 9.59 Å². The van der Waals surface area contributed by atoms with Crippen LogP contribution in [0.5, 0.6) is 11.5 Å². The molecule has 4 heterocycles. The number of pyridine rings is 1. The summed E-state index contributed by atoms with van der Waals surface area (Å²) in [6.07, 6.45) is 4.37. The summed E-state index contributed by atoms with van der Waals surface area (Å²) < 4.78 is 18.3. The maximum Gasteiger partial charge on any atom is 0.408 e. The standard InChI is InChI=1S/C40H50N6O8S/c1-7-22-18-40(22,36(49)50)45-34(47)29-16-24(19-46(29)35(48)33(39(4,5)6)44-38(51)54-23-10-8-9-11-23)53-31-17-27(28-20-55-37(43-28)41-21(2)3)42-32-25(31)12-13-30-26(32)14-15-52-30/h7,12-13,17,20-24,29,33H,1,8-11,14-16,18-19H2,2-6H3,(H,41,43)(H,44,51)(H,45,47)(H,49,50)/t22?,24-,29+,33-,40-/m1/s1. The topological polar surface area (TPSA) is 181 Å². The van der Waals surface area contributed by atoms with Crippen LogP contribution in [0, 0.1) is 11.3 Å². The fraction of sp³-hybridized carbons (Fsp3) is 0.550. The summed E-state index contributed by atoms with van der Waals surface area (Å²) in [5.41, 5.74) is 0.675. The van der Waals surface area contributed by atoms with Gasteiger partial charge in [0.25, 0.3) is 0 Å². The van der Waals surface area contributed by atoms with Crippen molar-refractivity contribution in [3.63, 3.8) is 0 Å². The number of aromatic nitrogens is 2. The second-order valence-electron chi connectivity index (χ2n) is 16.4. The van der Waals surface area contributed by atoms with Gasteiger partial charge in [0.2, 0.25) is 11.8 Å². The van der Waals surface area contributed by atoms with Crippen molar-refractivity contribution in [3.8, 4) is 22.9 Å². The van der Waals surface area contributed by atoms with Crippen molar-refractivity contribution in [1.82, 2.24) is 25.5 Å². The molecule has 7 rings (SSSR count). The highest BCUT2D eigenvalue weighted by Gasteiger charge is 2.61. The highest BCUT2D eigenvalue weighted by Crippen LogP contribution is 2.45. The number of aliphatic carboxylic acids is 1. The molecule has 4 N–H and O–H groups in total. The van der Waals surface area contributed by atoms with Crippen molar-refractivity contribution >= 4 is 51.2 Å². The molecule has 2 aromatic heterocycles. The molecule has 3 fully saturated rings. The number of alkyl carbamates (subject to hydrolysis) is 1. The third kappa shape index (κ3) is 7.80. The van der Waals surface area contributed by atoms with Crippen molar-refractivity contribution < 1.29 is 38.5 Å². The number of hydrogen-bond donors (Lipinski definition) is 4. The quantitative estimate of drug-likeness (QED) is 0.166. The van der Waals surface area contributed by atoms with Crippen LogP contribution in [0.1, 0.15) is 78.7 Å². The molecule has 294 valence electrons. The smallest absolute Gasteiger partial charge is 0.408 e. The molecule has 2 saturated carbocycles. The van der Waals surface area contributed by atoms with Gasteiger partial charge < -0.3 is 40.2 Å². The number of ether oxygens (including phenoxy) is 3. The third-order valence-corrected chi connectivity index (χ3v) is 11.7. The van der Waals surface area contributed by atoms with E-state index >= 15 is 0 Å². The van der Waals surface area contributed by atoms with Crippen molar-refractivity contribution in [2.45, 2.75) is 115 Å². The van der Waals surface area contributed by atoms with Crippen molar-refractivity contribution in [2.24, 2.45) is 11.3 Å². The van der Waals surface area contributed by atoms with Crippen LogP contribution in [0.15, 0.2) is 36.2 Å². The molecule has 0 spiro atoms. The molecular weight excluding hydrogens is 725 g/mol. The lowest BCUT2D eigenvalue weighted by molar-refractivity contribution is -0.146. The van der Waals surface area contributed by atoms with Crippen molar-refractivity contribution in [3.05, 3.63) is 41.8 Å². The number of nitrogens with one attached hydrogen (secondary N) is 3. The van der Waals surface area contributed by atoms with Crippen LogP contribution in [0.25, 0.3) is 22.3 Å². The Morgan fingerprint density at radius 3 is 2.56 bits per heavy atom. The zero-order valence-corrected chi connectivity index (χ0v) is 32.8. The summed E-state index contributed by atoms with van der Waals surface area (Å²) >= 11 is 1.48. The summed E-state index contributed by atoms with van der Waals surface area (Å²) in [6.45, 7) is 13.8. The Balaban J connectivity index is 1.22. The number of fused-ring (bicyclic) bond motifs is 3. The second-order valence-corrected chi connectivity index (χ2v) is 17.3. The van der Waals surface area contributed by atoms with Crippen LogP contribution in [0.4, 0.5) is 9.93 Å². The maximum absolute atomic E-state index is 14.6. The van der Waals surface area contributed by atoms with E-state index in [0.29, 0.717) is 30.2 Å². The average Bonchev–Trinajstić information content (AvgIpc) is 3.74. The Morgan fingerprint density at radius 2 is 1.89 bits per heavy atom. The molecule has 55 heavy (non-hydrogen) atoms. The minimum Gasteiger partial charge on any atom is -0.493 e. The van der Waals surface area contributed by atoms with Crippen LogP contribution < -0.4 is 25.4 Å². The van der Waals surface area contributed by atoms with Gasteiger partial charge in [-0.15, -0.1) is 17.9 Å². The van der Waals surface area contributed by atoms with Gasteiger partial charge in [-0.1, -0.05) is 26.8 Å². The fourth-order valence-electron chi connectivity index (χ4n) is 7.87. The molecular formula is C40H50N6O8S. The van der Waals surface area contributed by atoms with Crippen LogP contribution >= 0.6 is 11.3 Å². The molecule has 3 aromatic rings. The zero-order valence-electron chi connectivity index (χ0n) is 32.0. The third-order valence-electron chi connectivity index (χ3n) is 10.9. The van der Waals surface area contributed by atoms with E-state index < -0.39 is 58.9 Å². The number of nitrogens with zero attached hydrogens (tertiary/aromatic N) is 3. The Morgan fingerprint density at radius 1 is 1.13 bits per heavy atom. The fourth-order valence-corrected chi connectivity index (χ4v) is 8.72. The van der Waals surface area contributed by atoms with E-state index in [4.69, 9.17) is 24.2 Å². The molecule has 2 aliphatic carbocycles. The summed E-state index contributed by atoms with van der Waals surface area (Å²) in [7, 11) is 0. The molecule has 0 bridgehead atoms. The highest BCUT2D eigenvalue weighted by atomic mass is 32.1. The first-order chi connectivity index (χ1) is 26.2. The molecule has 1 saturated heterocycles. The van der Waals surface area contributed by atoms with Crippen LogP contribution in [-0.2, 0) is 25.5 Å². The van der Waals surface area contributed by atoms with Gasteiger partial charge in [-0.25, -0.2) is 19.6 Å². The number of benzene rings is 1. The normalized spacial score (nSPS) is 23.9. The number of anilines is 1. The highest BCUT2D eigenvalue weighted by molar-refractivity contribution is 7.14. The van der Waals surface area contributed by atoms with E-state index in [-0.39, 0.29) is 31.5 Å². The van der Waals surface area contributed by atoms with E-state index in [1.54, 1.807) is 0 Å². The summed E-state index contributed by atoms with van der Waals surface area (Å²) in [5, 5.41) is 22.4. The van der Waals surface area contributed by atoms with E-state index in [9.17, 15) is 24.3 Å². The molecule has 3 amide bonds. The lowest BCUT2D eigenvalue weighted by Crippen LogP contribution is -2.59. The number of amides is 3. The van der Waals surface area contributed by atoms with Gasteiger partial charge in [-0.05, 0) is 63.5 Å². The number of carbonyl (C=O) groups excluding carboxylic acids is 3. The van der Waals surface area contributed by atoms with Crippen LogP contribution in [0.2, 0.25) is 0 Å². The second kappa shape index (κ2) is 15.0. The van der Waals surface area contributed by atoms with Gasteiger partial charge in [0, 0.05) is 47.2 Å². The largest absolute Gasteiger partial charge is 0.493 e. The lowest BCUT2D eigenvalue weighted by Gasteiger charge is -2.35. The first-order valence-electron chi connectivity index (χ1n) is 19.1. The number of thiazole rings is 1. The molecule has 1 unspecified atom stereocenters. The predicted molar refractivity (Wildman–Crippen MR) is 207 cm³/mol. The van der Waals surface area contributed by atoms with E-state index in [2.05, 4.69) is 22.5 Å². The predicted octanol–water partition coefficient (Wildman–Crippen LogP) is 5.69. The minimum absolute atomic E-state index is 0.000169. The van der Waals surface area contributed by atoms with Gasteiger partial charge in [0.05, 0.1) is 24.4 Å². The number of hydrogen-bond acceptors (Lipinski definition) is 11. The maximum atomic E-state index is 14.6. The Hall–Kier alpha value is -4.92. The van der Waals surface area contributed by atoms with E-state index in [1.807, 2.05) is 58.2 Å². The zero-order chi connectivity index (χ0) is 39.2. The lowest BCUT2D eigenvalue weighted by atomic mass is 9.85. The average molecular weight is 775 g/mol. The number of rotatable bonds is 12. The minimum atomic E-state index is -1.51. The van der Waals surface area contributed by atoms with Gasteiger partial charge in [-0.2, -0.15) is 0 Å². The van der Waals surface area contributed by atoms with E-state index in [1.165, 1.54) is 22.3 Å². The number of carboxylic acid groups (broad SMARTS) is 1. The number of carbonyl (C=O) groups is 4. The molecule has 0 radical (unpaired) electrons. The van der Waals surface area contributed by atoms with Gasteiger partial charge in [0.1, 0.15) is 47.0 Å². The number of likely N-dealkylation sites (tertiary alicyclic amines) is 1. The van der Waals surface area contributed by atoms with Gasteiger partial charge in [0.15, 0.2) is 5.13 Å². The Bertz CT molecular complexity index is 2000. The molecule has 1 aromatic carbocycles. The summed E-state index contributed by atoms with van der Waals surface area (Å²) in [6, 6.07) is 3.67. The Labute approximate surface area is 324 Å². The van der Waals surface area contributed by atoms with Gasteiger partial charge >= 0.3 is 12.1 Å². The molecule has 14 nitrogen and oxygen atoms in total. The van der Waals surface area contributed by atoms with E-state index in [0.717, 1.165) is 53.0 Å². The monoisotopic (exact) mass is 774 g/mol. The molecule has 15 heteroatoms. The first kappa shape index (κ1) is 38.4. The van der Waals surface area contributed by atoms with Crippen molar-refractivity contribution in [1.29, 1.82) is 0 Å². The summed E-state index contributed by atoms with van der Waals surface area (Å²) in [5.74, 6) is -1.47. The Kier molecular flexibility index (Phi) is 10.4. The summed E-state index contributed by atoms with van der Waals surface area (Å²) in [4.78, 5) is 65.5. The molecule has 4 aliphatic rings. The van der Waals surface area contributed by atoms with Crippen LogP contribution in [-0.4, -0.2) is 92.9 Å². The SMILES string of the molecule is C=CC1C[C@]1(NC(=O)[C@@H]1C[C@@H](Oc2cc(-c3csc(NC(C)C)n3)nc3c4c(ccc23)OCC4)CN1C(=O)[C@@H](NC(=O)OC1CCCC1)C(C)(C)C)C(=O)O. The molecule has 5 atom stereocenters. The first-order valence-corrected chi connectivity index (χ1v) is 20.0.